The molecule has 0 radical (unpaired) electrons. The van der Waals surface area contributed by atoms with Crippen LogP contribution in [-0.4, -0.2) is 15.6 Å². The minimum atomic E-state index is -1.02. The topological polar surface area (TPSA) is 76.4 Å². The number of hydrogen-bond donors (Lipinski definition) is 1. The van der Waals surface area contributed by atoms with Crippen LogP contribution in [0.15, 0.2) is 56.5 Å². The van der Waals surface area contributed by atoms with Gasteiger partial charge in [-0.15, -0.1) is 0 Å². The van der Waals surface area contributed by atoms with E-state index in [0.29, 0.717) is 15.6 Å². The van der Waals surface area contributed by atoms with Gasteiger partial charge in [0.05, 0.1) is 17.5 Å². The first kappa shape index (κ1) is 15.6. The highest BCUT2D eigenvalue weighted by Crippen LogP contribution is 2.18. The molecule has 1 heterocycles. The van der Waals surface area contributed by atoms with E-state index in [4.69, 9.17) is 5.11 Å². The maximum atomic E-state index is 12.5. The molecule has 0 bridgehead atoms. The first-order chi connectivity index (χ1) is 11.0. The van der Waals surface area contributed by atoms with E-state index in [-0.39, 0.29) is 22.5 Å². The quantitative estimate of drug-likeness (QED) is 0.744. The summed E-state index contributed by atoms with van der Waals surface area (Å²) >= 11 is 4.33. The van der Waals surface area contributed by atoms with Gasteiger partial charge in [-0.3, -0.25) is 14.2 Å². The number of carboxylic acid groups (broad SMARTS) is 1. The number of carboxylic acids is 1. The van der Waals surface area contributed by atoms with Crippen molar-refractivity contribution in [1.82, 2.24) is 4.57 Å². The number of aromatic carboxylic acids is 1. The number of benzene rings is 2. The van der Waals surface area contributed by atoms with Crippen LogP contribution in [0.1, 0.15) is 15.9 Å². The van der Waals surface area contributed by atoms with E-state index in [2.05, 4.69) is 15.9 Å². The molecule has 5 nitrogen and oxygen atoms in total. The summed E-state index contributed by atoms with van der Waals surface area (Å²) in [6.45, 7) is 0.108. The van der Waals surface area contributed by atoms with Crippen molar-refractivity contribution in [2.24, 2.45) is 0 Å². The monoisotopic (exact) mass is 391 g/mol. The molecule has 0 fully saturated rings. The largest absolute Gasteiger partial charge is 0.478 e. The number of rotatable bonds is 3. The molecule has 0 aliphatic carbocycles. The summed E-state index contributed by atoms with van der Waals surface area (Å²) in [4.78, 5) is 35.2. The third-order valence-electron chi connectivity index (χ3n) is 3.38. The van der Waals surface area contributed by atoms with Gasteiger partial charge in [0.25, 0.3) is 5.56 Å². The number of nitrogens with zero attached hydrogens (tertiary/aromatic N) is 1. The molecule has 116 valence electrons. The van der Waals surface area contributed by atoms with Crippen LogP contribution in [-0.2, 0) is 6.54 Å². The Labute approximate surface area is 142 Å². The normalized spacial score (nSPS) is 10.8. The van der Waals surface area contributed by atoms with Gasteiger partial charge in [0.2, 0.25) is 0 Å². The molecule has 0 unspecified atom stereocenters. The van der Waals surface area contributed by atoms with Crippen LogP contribution in [0, 0.1) is 0 Å². The molecule has 3 aromatic rings. The Hall–Kier alpha value is -2.25. The molecular weight excluding hydrogens is 382 g/mol. The van der Waals surface area contributed by atoms with Gasteiger partial charge >= 0.3 is 10.8 Å². The Morgan fingerprint density at radius 1 is 1.13 bits per heavy atom. The molecule has 0 atom stereocenters. The molecule has 23 heavy (non-hydrogen) atoms. The Kier molecular flexibility index (Phi) is 4.14. The zero-order chi connectivity index (χ0) is 16.6. The van der Waals surface area contributed by atoms with Gasteiger partial charge in [-0.2, -0.15) is 0 Å². The maximum absolute atomic E-state index is 12.5. The standard InChI is InChI=1S/C16H10BrNO4S/c17-11-5-6-13-12(7-11)14(19)18(16(22)23-13)8-9-1-3-10(4-2-9)15(20)21/h1-7H,8H2,(H,20,21). The first-order valence-electron chi connectivity index (χ1n) is 6.61. The lowest BCUT2D eigenvalue weighted by molar-refractivity contribution is 0.0697. The van der Waals surface area contributed by atoms with E-state index in [9.17, 15) is 14.4 Å². The number of aromatic nitrogens is 1. The minimum absolute atomic E-state index is 0.108. The third-order valence-corrected chi connectivity index (χ3v) is 4.84. The number of halogens is 1. The Bertz CT molecular complexity index is 1020. The fraction of sp³-hybridized carbons (Fsp3) is 0.0625. The number of carbonyl (C=O) groups is 1. The summed E-state index contributed by atoms with van der Waals surface area (Å²) in [7, 11) is 0. The van der Waals surface area contributed by atoms with Crippen molar-refractivity contribution in [3.05, 3.63) is 78.1 Å². The molecule has 1 N–H and O–H groups in total. The van der Waals surface area contributed by atoms with Crippen molar-refractivity contribution >= 4 is 43.3 Å². The van der Waals surface area contributed by atoms with Gasteiger partial charge in [-0.25, -0.2) is 4.79 Å². The molecule has 0 saturated carbocycles. The average Bonchev–Trinajstić information content (AvgIpc) is 2.53. The van der Waals surface area contributed by atoms with Crippen LogP contribution in [0.4, 0.5) is 0 Å². The molecule has 0 amide bonds. The van der Waals surface area contributed by atoms with Crippen molar-refractivity contribution in [2.45, 2.75) is 6.54 Å². The Balaban J connectivity index is 2.07. The zero-order valence-electron chi connectivity index (χ0n) is 11.7. The smallest absolute Gasteiger partial charge is 0.335 e. The molecule has 7 heteroatoms. The molecular formula is C16H10BrNO4S. The van der Waals surface area contributed by atoms with Gasteiger partial charge in [0.15, 0.2) is 0 Å². The van der Waals surface area contributed by atoms with Crippen LogP contribution < -0.4 is 10.4 Å². The summed E-state index contributed by atoms with van der Waals surface area (Å²) in [6.07, 6.45) is 0. The van der Waals surface area contributed by atoms with Crippen LogP contribution in [0.25, 0.3) is 10.1 Å². The Morgan fingerprint density at radius 2 is 1.83 bits per heavy atom. The summed E-state index contributed by atoms with van der Waals surface area (Å²) < 4.78 is 2.57. The van der Waals surface area contributed by atoms with Crippen LogP contribution in [0.2, 0.25) is 0 Å². The first-order valence-corrected chi connectivity index (χ1v) is 8.22. The van der Waals surface area contributed by atoms with Crippen molar-refractivity contribution in [3.8, 4) is 0 Å². The zero-order valence-corrected chi connectivity index (χ0v) is 14.1. The fourth-order valence-electron chi connectivity index (χ4n) is 2.21. The van der Waals surface area contributed by atoms with Gasteiger partial charge < -0.3 is 5.11 Å². The highest BCUT2D eigenvalue weighted by atomic mass is 79.9. The average molecular weight is 392 g/mol. The van der Waals surface area contributed by atoms with Crippen LogP contribution >= 0.6 is 27.3 Å². The van der Waals surface area contributed by atoms with Crippen LogP contribution in [0.3, 0.4) is 0 Å². The fourth-order valence-corrected chi connectivity index (χ4v) is 3.41. The lowest BCUT2D eigenvalue weighted by Gasteiger charge is -2.06. The minimum Gasteiger partial charge on any atom is -0.478 e. The summed E-state index contributed by atoms with van der Waals surface area (Å²) in [5, 5.41) is 9.37. The molecule has 1 aromatic heterocycles. The summed E-state index contributed by atoms with van der Waals surface area (Å²) in [5.74, 6) is -1.02. The van der Waals surface area contributed by atoms with Gasteiger partial charge in [-0.05, 0) is 35.9 Å². The van der Waals surface area contributed by atoms with Gasteiger partial charge in [0.1, 0.15) is 0 Å². The lowest BCUT2D eigenvalue weighted by atomic mass is 10.1. The summed E-state index contributed by atoms with van der Waals surface area (Å²) in [6, 6.07) is 11.3. The third kappa shape index (κ3) is 3.11. The van der Waals surface area contributed by atoms with E-state index >= 15 is 0 Å². The highest BCUT2D eigenvalue weighted by Gasteiger charge is 2.10. The van der Waals surface area contributed by atoms with E-state index in [1.807, 2.05) is 0 Å². The van der Waals surface area contributed by atoms with E-state index in [1.165, 1.54) is 12.1 Å². The van der Waals surface area contributed by atoms with E-state index in [0.717, 1.165) is 20.4 Å². The van der Waals surface area contributed by atoms with E-state index < -0.39 is 5.97 Å². The van der Waals surface area contributed by atoms with Crippen molar-refractivity contribution < 1.29 is 9.90 Å². The van der Waals surface area contributed by atoms with E-state index in [1.54, 1.807) is 30.3 Å². The second kappa shape index (κ2) is 6.10. The molecule has 0 saturated heterocycles. The maximum Gasteiger partial charge on any atom is 0.335 e. The lowest BCUT2D eigenvalue weighted by Crippen LogP contribution is -2.31. The number of hydrogen-bond acceptors (Lipinski definition) is 4. The SMILES string of the molecule is O=C(O)c1ccc(Cn2c(=O)sc3ccc(Br)cc3c2=O)cc1. The van der Waals surface area contributed by atoms with Crippen molar-refractivity contribution in [3.63, 3.8) is 0 Å². The predicted octanol–water partition coefficient (Wildman–Crippen LogP) is 2.93. The van der Waals surface area contributed by atoms with Gasteiger partial charge in [0, 0.05) is 9.17 Å². The Morgan fingerprint density at radius 3 is 2.48 bits per heavy atom. The molecule has 2 aromatic carbocycles. The second-order valence-corrected chi connectivity index (χ2v) is 6.81. The van der Waals surface area contributed by atoms with Crippen molar-refractivity contribution in [2.75, 3.05) is 0 Å². The molecule has 0 spiro atoms. The van der Waals surface area contributed by atoms with Crippen LogP contribution in [0.5, 0.6) is 0 Å². The van der Waals surface area contributed by atoms with Gasteiger partial charge in [-0.1, -0.05) is 39.4 Å². The molecule has 0 aliphatic rings. The second-order valence-electron chi connectivity index (χ2n) is 4.90. The summed E-state index contributed by atoms with van der Waals surface area (Å²) in [5.41, 5.74) is 0.497. The predicted molar refractivity (Wildman–Crippen MR) is 92.6 cm³/mol. The van der Waals surface area contributed by atoms with Crippen molar-refractivity contribution in [1.29, 1.82) is 0 Å². The molecule has 3 rings (SSSR count). The molecule has 0 aliphatic heterocycles. The number of fused-ring (bicyclic) bond motifs is 1. The highest BCUT2D eigenvalue weighted by molar-refractivity contribution is 9.10.